The van der Waals surface area contributed by atoms with Gasteiger partial charge in [-0.05, 0) is 36.8 Å². The largest absolute Gasteiger partial charge is 0.477 e. The third-order valence-electron chi connectivity index (χ3n) is 4.89. The summed E-state index contributed by atoms with van der Waals surface area (Å²) >= 11 is 0. The van der Waals surface area contributed by atoms with Gasteiger partial charge in [0.25, 0.3) is 0 Å². The quantitative estimate of drug-likeness (QED) is 0.323. The highest BCUT2D eigenvalue weighted by Crippen LogP contribution is 2.27. The number of hydrogen-bond donors (Lipinski definition) is 5. The van der Waals surface area contributed by atoms with Crippen molar-refractivity contribution in [2.75, 3.05) is 47.4 Å². The molecule has 0 saturated heterocycles. The normalized spacial score (nSPS) is 11.5. The molecule has 0 bridgehead atoms. The molecule has 0 saturated carbocycles. The van der Waals surface area contributed by atoms with Crippen LogP contribution in [0.4, 0.5) is 17.1 Å². The highest BCUT2D eigenvalue weighted by atomic mass is 32.2. The number of fused-ring (bicyclic) bond motifs is 1. The Bertz CT molecular complexity index is 1190. The lowest BCUT2D eigenvalue weighted by Gasteiger charge is -2.26. The number of carboxylic acid groups (broad SMARTS) is 1. The Kier molecular flexibility index (Phi) is 6.71. The Morgan fingerprint density at radius 3 is 2.58 bits per heavy atom. The van der Waals surface area contributed by atoms with E-state index in [2.05, 4.69) is 15.0 Å². The monoisotopic (exact) mass is 446 g/mol. The van der Waals surface area contributed by atoms with Gasteiger partial charge in [-0.15, -0.1) is 0 Å². The summed E-state index contributed by atoms with van der Waals surface area (Å²) in [5.74, 6) is -0.996. The molecule has 10 heteroatoms. The lowest BCUT2D eigenvalue weighted by Crippen LogP contribution is -2.32. The first kappa shape index (κ1) is 22.4. The topological polar surface area (TPSA) is 135 Å². The summed E-state index contributed by atoms with van der Waals surface area (Å²) in [5, 5.41) is 22.9. The van der Waals surface area contributed by atoms with E-state index in [1.807, 2.05) is 29.2 Å². The smallest absolute Gasteiger partial charge is 0.352 e. The van der Waals surface area contributed by atoms with Gasteiger partial charge in [0.05, 0.1) is 24.2 Å². The van der Waals surface area contributed by atoms with E-state index in [9.17, 15) is 23.4 Å². The van der Waals surface area contributed by atoms with E-state index in [1.165, 1.54) is 0 Å². The Balaban J connectivity index is 1.74. The number of aliphatic hydroxyl groups excluding tert-OH is 1. The lowest BCUT2D eigenvalue weighted by atomic mass is 10.1. The Hall–Kier alpha value is -3.24. The van der Waals surface area contributed by atoms with Gasteiger partial charge >= 0.3 is 5.97 Å². The number of sulfonamides is 1. The van der Waals surface area contributed by atoms with Crippen molar-refractivity contribution in [3.05, 3.63) is 53.7 Å². The van der Waals surface area contributed by atoms with Crippen LogP contribution in [-0.2, 0) is 10.0 Å². The second-order valence-corrected chi connectivity index (χ2v) is 8.97. The number of aryl methyl sites for hydroxylation is 1. The van der Waals surface area contributed by atoms with E-state index < -0.39 is 16.0 Å². The summed E-state index contributed by atoms with van der Waals surface area (Å²) in [5.41, 5.74) is 3.54. The van der Waals surface area contributed by atoms with Crippen LogP contribution in [0.5, 0.6) is 0 Å². The predicted octanol–water partition coefficient (Wildman–Crippen LogP) is 2.46. The number of nitrogens with one attached hydrogen (secondary N) is 3. The number of nitrogens with zero attached hydrogens (tertiary/aromatic N) is 1. The number of anilines is 3. The average Bonchev–Trinajstić information content (AvgIpc) is 3.03. The third kappa shape index (κ3) is 5.47. The van der Waals surface area contributed by atoms with Crippen molar-refractivity contribution in [2.24, 2.45) is 0 Å². The van der Waals surface area contributed by atoms with E-state index >= 15 is 0 Å². The molecule has 3 rings (SSSR count). The zero-order valence-electron chi connectivity index (χ0n) is 17.3. The number of aromatic carboxylic acids is 1. The summed E-state index contributed by atoms with van der Waals surface area (Å²) in [6, 6.07) is 12.6. The Labute approximate surface area is 180 Å². The number of carboxylic acids is 1. The zero-order valence-corrected chi connectivity index (χ0v) is 18.2. The summed E-state index contributed by atoms with van der Waals surface area (Å²) < 4.78 is 25.9. The summed E-state index contributed by atoms with van der Waals surface area (Å²) in [6.07, 6.45) is 1.09. The molecule has 9 nitrogen and oxygen atoms in total. The lowest BCUT2D eigenvalue weighted by molar-refractivity contribution is 0.0690. The minimum atomic E-state index is -3.44. The highest BCUT2D eigenvalue weighted by molar-refractivity contribution is 7.92. The Morgan fingerprint density at radius 2 is 1.90 bits per heavy atom. The first-order valence-electron chi connectivity index (χ1n) is 9.71. The molecule has 0 aliphatic heterocycles. The van der Waals surface area contributed by atoms with Gasteiger partial charge in [0, 0.05) is 36.2 Å². The molecule has 0 amide bonds. The molecule has 0 unspecified atom stereocenters. The van der Waals surface area contributed by atoms with Crippen molar-refractivity contribution >= 4 is 44.0 Å². The molecule has 0 spiro atoms. The van der Waals surface area contributed by atoms with E-state index in [1.54, 1.807) is 25.1 Å². The molecule has 166 valence electrons. The maximum Gasteiger partial charge on any atom is 0.352 e. The van der Waals surface area contributed by atoms with Crippen LogP contribution in [0.3, 0.4) is 0 Å². The molecule has 1 aromatic heterocycles. The van der Waals surface area contributed by atoms with Crippen LogP contribution in [-0.4, -0.2) is 62.1 Å². The second-order valence-electron chi connectivity index (χ2n) is 7.22. The van der Waals surface area contributed by atoms with E-state index in [-0.39, 0.29) is 12.3 Å². The molecule has 31 heavy (non-hydrogen) atoms. The van der Waals surface area contributed by atoms with Crippen molar-refractivity contribution in [3.8, 4) is 0 Å². The predicted molar refractivity (Wildman–Crippen MR) is 123 cm³/mol. The highest BCUT2D eigenvalue weighted by Gasteiger charge is 2.15. The van der Waals surface area contributed by atoms with Gasteiger partial charge in [0.1, 0.15) is 5.69 Å². The second kappa shape index (κ2) is 9.27. The molecule has 0 radical (unpaired) electrons. The van der Waals surface area contributed by atoms with Crippen LogP contribution in [0.1, 0.15) is 16.1 Å². The molecule has 0 aliphatic carbocycles. The minimum Gasteiger partial charge on any atom is -0.477 e. The average molecular weight is 447 g/mol. The van der Waals surface area contributed by atoms with Crippen LogP contribution in [0.25, 0.3) is 10.9 Å². The molecule has 0 fully saturated rings. The number of para-hydroxylation sites is 2. The summed E-state index contributed by atoms with van der Waals surface area (Å²) in [4.78, 5) is 16.1. The summed E-state index contributed by atoms with van der Waals surface area (Å²) in [6.45, 7) is 3.04. The van der Waals surface area contributed by atoms with Gasteiger partial charge in [-0.3, -0.25) is 4.72 Å². The number of H-pyrrole nitrogens is 1. The van der Waals surface area contributed by atoms with Gasteiger partial charge in [-0.1, -0.05) is 18.2 Å². The van der Waals surface area contributed by atoms with Crippen LogP contribution in [0.2, 0.25) is 0 Å². The first-order chi connectivity index (χ1) is 14.7. The maximum atomic E-state index is 11.7. The van der Waals surface area contributed by atoms with Gasteiger partial charge in [-0.25, -0.2) is 13.2 Å². The van der Waals surface area contributed by atoms with E-state index in [4.69, 9.17) is 0 Å². The fourth-order valence-corrected chi connectivity index (χ4v) is 4.08. The fourth-order valence-electron chi connectivity index (χ4n) is 3.51. The standard InChI is InChI=1S/C21H26N4O5S/c1-14-16-8-7-15(13-18(16)23-20(14)21(27)28)22-9-10-25(11-12-26)19-6-4-3-5-17(19)24-31(2,29)30/h3-8,13,22-24,26H,9-12H2,1-2H3,(H,27,28). The number of aromatic nitrogens is 1. The van der Waals surface area contributed by atoms with Gasteiger partial charge in [0.2, 0.25) is 10.0 Å². The maximum absolute atomic E-state index is 11.7. The number of aliphatic hydroxyl groups is 1. The van der Waals surface area contributed by atoms with E-state index in [0.29, 0.717) is 36.6 Å². The van der Waals surface area contributed by atoms with E-state index in [0.717, 1.165) is 22.8 Å². The minimum absolute atomic E-state index is 0.0844. The number of benzene rings is 2. The number of aromatic amines is 1. The van der Waals surface area contributed by atoms with Crippen LogP contribution in [0.15, 0.2) is 42.5 Å². The molecule has 1 heterocycles. The SMILES string of the molecule is Cc1c(C(=O)O)[nH]c2cc(NCCN(CCO)c3ccccc3NS(C)(=O)=O)ccc12. The van der Waals surface area contributed by atoms with Crippen molar-refractivity contribution in [2.45, 2.75) is 6.92 Å². The fraction of sp³-hybridized carbons (Fsp3) is 0.286. The molecule has 0 aliphatic rings. The number of hydrogen-bond acceptors (Lipinski definition) is 6. The molecule has 2 aromatic carbocycles. The van der Waals surface area contributed by atoms with Crippen LogP contribution >= 0.6 is 0 Å². The molecule has 3 aromatic rings. The van der Waals surface area contributed by atoms with Gasteiger partial charge in [-0.2, -0.15) is 0 Å². The third-order valence-corrected chi connectivity index (χ3v) is 5.48. The first-order valence-corrected chi connectivity index (χ1v) is 11.6. The van der Waals surface area contributed by atoms with Crippen molar-refractivity contribution in [1.82, 2.24) is 4.98 Å². The van der Waals surface area contributed by atoms with Gasteiger partial charge < -0.3 is 25.4 Å². The van der Waals surface area contributed by atoms with Crippen LogP contribution < -0.4 is 14.9 Å². The van der Waals surface area contributed by atoms with Crippen molar-refractivity contribution in [3.63, 3.8) is 0 Å². The van der Waals surface area contributed by atoms with Crippen molar-refractivity contribution < 1.29 is 23.4 Å². The molecule has 0 atom stereocenters. The Morgan fingerprint density at radius 1 is 1.16 bits per heavy atom. The summed E-state index contributed by atoms with van der Waals surface area (Å²) in [7, 11) is -3.44. The zero-order chi connectivity index (χ0) is 22.6. The molecular weight excluding hydrogens is 420 g/mol. The van der Waals surface area contributed by atoms with Crippen molar-refractivity contribution in [1.29, 1.82) is 0 Å². The van der Waals surface area contributed by atoms with Crippen LogP contribution in [0, 0.1) is 6.92 Å². The molecule has 5 N–H and O–H groups in total. The molecular formula is C21H26N4O5S. The van der Waals surface area contributed by atoms with Gasteiger partial charge in [0.15, 0.2) is 0 Å². The number of rotatable bonds is 10. The number of carbonyl (C=O) groups is 1.